The van der Waals surface area contributed by atoms with Crippen molar-refractivity contribution in [2.45, 2.75) is 63.3 Å². The standard InChI is InChI=1S/C21H27N3O3/c1-15-19(13-23(2)22-15)21(26)11-17-9-6-10-18(12-21)24(17)20(25)27-14-16-7-4-3-5-8-16/h3-5,7-8,13,17-18,26H,6,9-12,14H2,1-2H3. The number of piperidine rings is 2. The Morgan fingerprint density at radius 3 is 2.52 bits per heavy atom. The number of carbonyl (C=O) groups is 1. The zero-order valence-electron chi connectivity index (χ0n) is 16.0. The molecule has 2 fully saturated rings. The third-order valence-corrected chi connectivity index (χ3v) is 5.94. The smallest absolute Gasteiger partial charge is 0.410 e. The van der Waals surface area contributed by atoms with Crippen molar-refractivity contribution in [2.75, 3.05) is 0 Å². The Labute approximate surface area is 159 Å². The summed E-state index contributed by atoms with van der Waals surface area (Å²) in [7, 11) is 1.87. The van der Waals surface area contributed by atoms with E-state index in [0.717, 1.165) is 36.1 Å². The second-order valence-electron chi connectivity index (χ2n) is 7.93. The van der Waals surface area contributed by atoms with Crippen LogP contribution in [-0.2, 0) is 24.0 Å². The Balaban J connectivity index is 1.50. The predicted molar refractivity (Wildman–Crippen MR) is 101 cm³/mol. The number of aromatic nitrogens is 2. The minimum Gasteiger partial charge on any atom is -0.445 e. The van der Waals surface area contributed by atoms with Gasteiger partial charge in [-0.05, 0) is 31.7 Å². The zero-order valence-corrected chi connectivity index (χ0v) is 16.0. The highest BCUT2D eigenvalue weighted by Crippen LogP contribution is 2.45. The van der Waals surface area contributed by atoms with Crippen LogP contribution in [0.5, 0.6) is 0 Å². The highest BCUT2D eigenvalue weighted by molar-refractivity contribution is 5.69. The van der Waals surface area contributed by atoms with Crippen LogP contribution in [0.25, 0.3) is 0 Å². The molecule has 0 radical (unpaired) electrons. The van der Waals surface area contributed by atoms with Crippen LogP contribution in [0, 0.1) is 6.92 Å². The van der Waals surface area contributed by atoms with Crippen LogP contribution in [0.15, 0.2) is 36.5 Å². The van der Waals surface area contributed by atoms with Crippen molar-refractivity contribution >= 4 is 6.09 Å². The molecule has 1 aromatic heterocycles. The van der Waals surface area contributed by atoms with Crippen LogP contribution in [0.2, 0.25) is 0 Å². The van der Waals surface area contributed by atoms with Gasteiger partial charge < -0.3 is 14.7 Å². The average Bonchev–Trinajstić information content (AvgIpc) is 2.99. The molecule has 0 saturated carbocycles. The number of ether oxygens (including phenoxy) is 1. The number of hydrogen-bond acceptors (Lipinski definition) is 4. The molecular weight excluding hydrogens is 342 g/mol. The maximum Gasteiger partial charge on any atom is 0.410 e. The van der Waals surface area contributed by atoms with Gasteiger partial charge in [0.2, 0.25) is 0 Å². The number of aliphatic hydroxyl groups is 1. The molecule has 1 N–H and O–H groups in total. The van der Waals surface area contributed by atoms with E-state index in [1.165, 1.54) is 0 Å². The number of nitrogens with zero attached hydrogens (tertiary/aromatic N) is 3. The summed E-state index contributed by atoms with van der Waals surface area (Å²) in [6.45, 7) is 2.21. The summed E-state index contributed by atoms with van der Waals surface area (Å²) in [6.07, 6.45) is 5.61. The van der Waals surface area contributed by atoms with E-state index < -0.39 is 5.60 Å². The predicted octanol–water partition coefficient (Wildman–Crippen LogP) is 3.27. The highest BCUT2D eigenvalue weighted by atomic mass is 16.6. The zero-order chi connectivity index (χ0) is 19.0. The Morgan fingerprint density at radius 1 is 1.26 bits per heavy atom. The first-order valence-electron chi connectivity index (χ1n) is 9.68. The number of aryl methyl sites for hydroxylation is 2. The van der Waals surface area contributed by atoms with Gasteiger partial charge in [0.1, 0.15) is 6.61 Å². The van der Waals surface area contributed by atoms with Crippen molar-refractivity contribution in [3.8, 4) is 0 Å². The Bertz CT molecular complexity index is 803. The van der Waals surface area contributed by atoms with Gasteiger partial charge in [0, 0.05) is 43.7 Å². The molecule has 6 heteroatoms. The van der Waals surface area contributed by atoms with Gasteiger partial charge >= 0.3 is 6.09 Å². The normalized spacial score (nSPS) is 27.4. The van der Waals surface area contributed by atoms with Crippen LogP contribution in [0.3, 0.4) is 0 Å². The van der Waals surface area contributed by atoms with Crippen molar-refractivity contribution < 1.29 is 14.6 Å². The number of rotatable bonds is 3. The van der Waals surface area contributed by atoms with Crippen LogP contribution >= 0.6 is 0 Å². The molecule has 2 unspecified atom stereocenters. The molecule has 27 heavy (non-hydrogen) atoms. The molecule has 0 spiro atoms. The van der Waals surface area contributed by atoms with Crippen molar-refractivity contribution in [1.82, 2.24) is 14.7 Å². The Kier molecular flexibility index (Phi) is 4.68. The molecule has 2 atom stereocenters. The second-order valence-corrected chi connectivity index (χ2v) is 7.93. The number of amides is 1. The molecule has 1 amide bonds. The fraction of sp³-hybridized carbons (Fsp3) is 0.524. The molecule has 3 heterocycles. The summed E-state index contributed by atoms with van der Waals surface area (Å²) in [4.78, 5) is 14.7. The monoisotopic (exact) mass is 369 g/mol. The largest absolute Gasteiger partial charge is 0.445 e. The molecule has 4 rings (SSSR count). The molecule has 2 bridgehead atoms. The van der Waals surface area contributed by atoms with E-state index >= 15 is 0 Å². The first-order chi connectivity index (χ1) is 13.0. The number of hydrogen-bond donors (Lipinski definition) is 1. The van der Waals surface area contributed by atoms with Crippen molar-refractivity contribution in [1.29, 1.82) is 0 Å². The first kappa shape index (κ1) is 18.0. The Hall–Kier alpha value is -2.34. The Morgan fingerprint density at radius 2 is 1.93 bits per heavy atom. The van der Waals surface area contributed by atoms with E-state index in [9.17, 15) is 9.90 Å². The van der Waals surface area contributed by atoms with E-state index in [2.05, 4.69) is 5.10 Å². The lowest BCUT2D eigenvalue weighted by atomic mass is 9.73. The van der Waals surface area contributed by atoms with Gasteiger partial charge in [-0.25, -0.2) is 4.79 Å². The number of fused-ring (bicyclic) bond motifs is 2. The number of benzene rings is 1. The van der Waals surface area contributed by atoms with E-state index in [4.69, 9.17) is 4.74 Å². The minimum atomic E-state index is -0.926. The van der Waals surface area contributed by atoms with E-state index in [1.54, 1.807) is 4.68 Å². The van der Waals surface area contributed by atoms with Gasteiger partial charge in [0.15, 0.2) is 0 Å². The topological polar surface area (TPSA) is 67.6 Å². The van der Waals surface area contributed by atoms with Gasteiger partial charge in [-0.15, -0.1) is 0 Å². The quantitative estimate of drug-likeness (QED) is 0.902. The maximum atomic E-state index is 12.8. The molecule has 2 aliphatic heterocycles. The van der Waals surface area contributed by atoms with E-state index in [1.807, 2.05) is 55.4 Å². The fourth-order valence-corrected chi connectivity index (χ4v) is 4.80. The van der Waals surface area contributed by atoms with Gasteiger partial charge in [0.25, 0.3) is 0 Å². The highest BCUT2D eigenvalue weighted by Gasteiger charge is 2.49. The van der Waals surface area contributed by atoms with Gasteiger partial charge in [0.05, 0.1) is 11.3 Å². The minimum absolute atomic E-state index is 0.00498. The molecule has 2 saturated heterocycles. The molecule has 0 aliphatic carbocycles. The van der Waals surface area contributed by atoms with Gasteiger partial charge in [-0.3, -0.25) is 4.68 Å². The maximum absolute atomic E-state index is 12.8. The summed E-state index contributed by atoms with van der Waals surface area (Å²) < 4.78 is 7.34. The SMILES string of the molecule is Cc1nn(C)cc1C1(O)CC2CCCC(C1)N2C(=O)OCc1ccccc1. The van der Waals surface area contributed by atoms with Crippen LogP contribution < -0.4 is 0 Å². The van der Waals surface area contributed by atoms with Crippen LogP contribution in [0.4, 0.5) is 4.79 Å². The summed E-state index contributed by atoms with van der Waals surface area (Å²) in [6, 6.07) is 9.74. The van der Waals surface area contributed by atoms with Crippen LogP contribution in [0.1, 0.15) is 48.9 Å². The summed E-state index contributed by atoms with van der Waals surface area (Å²) >= 11 is 0. The summed E-state index contributed by atoms with van der Waals surface area (Å²) in [5, 5.41) is 15.8. The molecular formula is C21H27N3O3. The third-order valence-electron chi connectivity index (χ3n) is 5.94. The average molecular weight is 369 g/mol. The summed E-state index contributed by atoms with van der Waals surface area (Å²) in [5.41, 5.74) is 1.80. The summed E-state index contributed by atoms with van der Waals surface area (Å²) in [5.74, 6) is 0. The molecule has 144 valence electrons. The molecule has 1 aromatic carbocycles. The first-order valence-corrected chi connectivity index (χ1v) is 9.68. The van der Waals surface area contributed by atoms with Gasteiger partial charge in [-0.1, -0.05) is 30.3 Å². The molecule has 6 nitrogen and oxygen atoms in total. The lowest BCUT2D eigenvalue weighted by molar-refractivity contribution is -0.0899. The lowest BCUT2D eigenvalue weighted by Gasteiger charge is -2.51. The van der Waals surface area contributed by atoms with E-state index in [0.29, 0.717) is 12.8 Å². The molecule has 2 aliphatic rings. The second kappa shape index (κ2) is 7.00. The van der Waals surface area contributed by atoms with Crippen molar-refractivity contribution in [3.05, 3.63) is 53.3 Å². The molecule has 2 aromatic rings. The van der Waals surface area contributed by atoms with Crippen LogP contribution in [-0.4, -0.2) is 38.0 Å². The van der Waals surface area contributed by atoms with E-state index in [-0.39, 0.29) is 24.8 Å². The number of carbonyl (C=O) groups excluding carboxylic acids is 1. The van der Waals surface area contributed by atoms with Gasteiger partial charge in [-0.2, -0.15) is 5.10 Å². The van der Waals surface area contributed by atoms with Crippen molar-refractivity contribution in [3.63, 3.8) is 0 Å². The third kappa shape index (κ3) is 3.46. The fourth-order valence-electron chi connectivity index (χ4n) is 4.80. The van der Waals surface area contributed by atoms with Crippen molar-refractivity contribution in [2.24, 2.45) is 7.05 Å². The lowest BCUT2D eigenvalue weighted by Crippen LogP contribution is -2.59.